The standard InChI is InChI=1S/C23H36O6/c1-14-13-27-23(17-6-8-18(25-4)9-7-17)29-22(14)16(3)21(24)12-20-11-19(26-5)10-15(2)28-20/h6-9,14-16,19-24H,10-13H2,1-5H3/t14-,15+,16+,19-,20-,21-,22-,23?/m1/s1. The predicted molar refractivity (Wildman–Crippen MR) is 110 cm³/mol. The quantitative estimate of drug-likeness (QED) is 0.742. The van der Waals surface area contributed by atoms with Crippen molar-refractivity contribution >= 4 is 0 Å². The third kappa shape index (κ3) is 5.70. The number of hydrogen-bond donors (Lipinski definition) is 1. The van der Waals surface area contributed by atoms with Crippen molar-refractivity contribution in [3.8, 4) is 5.75 Å². The molecule has 2 aliphatic rings. The van der Waals surface area contributed by atoms with Gasteiger partial charge in [0, 0.05) is 24.5 Å². The molecule has 6 heteroatoms. The molecule has 6 nitrogen and oxygen atoms in total. The second-order valence-corrected chi connectivity index (χ2v) is 8.58. The molecule has 2 aliphatic heterocycles. The lowest BCUT2D eigenvalue weighted by Gasteiger charge is -2.41. The van der Waals surface area contributed by atoms with Gasteiger partial charge in [-0.1, -0.05) is 26.0 Å². The molecular weight excluding hydrogens is 372 g/mol. The van der Waals surface area contributed by atoms with Crippen LogP contribution < -0.4 is 4.74 Å². The van der Waals surface area contributed by atoms with E-state index < -0.39 is 12.4 Å². The maximum Gasteiger partial charge on any atom is 0.184 e. The Hall–Kier alpha value is -1.18. The third-order valence-electron chi connectivity index (χ3n) is 6.25. The molecule has 8 atom stereocenters. The van der Waals surface area contributed by atoms with Crippen LogP contribution in [0.1, 0.15) is 51.9 Å². The molecule has 164 valence electrons. The van der Waals surface area contributed by atoms with Gasteiger partial charge in [-0.05, 0) is 38.3 Å². The molecule has 0 radical (unpaired) electrons. The van der Waals surface area contributed by atoms with Crippen LogP contribution in [0.3, 0.4) is 0 Å². The van der Waals surface area contributed by atoms with Crippen LogP contribution in [-0.2, 0) is 18.9 Å². The monoisotopic (exact) mass is 408 g/mol. The van der Waals surface area contributed by atoms with Crippen molar-refractivity contribution in [2.24, 2.45) is 11.8 Å². The Kier molecular flexibility index (Phi) is 7.93. The van der Waals surface area contributed by atoms with Crippen LogP contribution in [-0.4, -0.2) is 56.5 Å². The fourth-order valence-electron chi connectivity index (χ4n) is 4.47. The van der Waals surface area contributed by atoms with E-state index in [0.717, 1.165) is 24.2 Å². The van der Waals surface area contributed by atoms with Gasteiger partial charge in [-0.2, -0.15) is 0 Å². The van der Waals surface area contributed by atoms with E-state index in [9.17, 15) is 5.11 Å². The zero-order valence-electron chi connectivity index (χ0n) is 18.2. The van der Waals surface area contributed by atoms with E-state index in [1.54, 1.807) is 14.2 Å². The van der Waals surface area contributed by atoms with Gasteiger partial charge in [0.25, 0.3) is 0 Å². The number of hydrogen-bond acceptors (Lipinski definition) is 6. The maximum atomic E-state index is 11.0. The van der Waals surface area contributed by atoms with Crippen LogP contribution in [0, 0.1) is 11.8 Å². The zero-order chi connectivity index (χ0) is 21.0. The van der Waals surface area contributed by atoms with Gasteiger partial charge >= 0.3 is 0 Å². The fourth-order valence-corrected chi connectivity index (χ4v) is 4.47. The number of benzene rings is 1. The van der Waals surface area contributed by atoms with Gasteiger partial charge in [0.2, 0.25) is 0 Å². The predicted octanol–water partition coefficient (Wildman–Crippen LogP) is 3.71. The van der Waals surface area contributed by atoms with Crippen LogP contribution in [0.4, 0.5) is 0 Å². The topological polar surface area (TPSA) is 66.4 Å². The first-order chi connectivity index (χ1) is 13.9. The third-order valence-corrected chi connectivity index (χ3v) is 6.25. The Morgan fingerprint density at radius 2 is 1.83 bits per heavy atom. The largest absolute Gasteiger partial charge is 0.497 e. The molecule has 1 aromatic carbocycles. The van der Waals surface area contributed by atoms with Crippen LogP contribution in [0.5, 0.6) is 5.75 Å². The second-order valence-electron chi connectivity index (χ2n) is 8.58. The Labute approximate surface area is 174 Å². The summed E-state index contributed by atoms with van der Waals surface area (Å²) in [5, 5.41) is 11.0. The van der Waals surface area contributed by atoms with E-state index in [-0.39, 0.29) is 36.3 Å². The smallest absolute Gasteiger partial charge is 0.184 e. The first kappa shape index (κ1) is 22.5. The Bertz CT molecular complexity index is 620. The van der Waals surface area contributed by atoms with Crippen LogP contribution in [0.25, 0.3) is 0 Å². The second kappa shape index (κ2) is 10.2. The van der Waals surface area contributed by atoms with E-state index in [4.69, 9.17) is 23.7 Å². The molecule has 0 aromatic heterocycles. The molecule has 1 unspecified atom stereocenters. The SMILES string of the molecule is COc1ccc(C2OC[C@@H](C)[C@H]([C@@H](C)[C@H](O)C[C@H]3C[C@H](OC)C[C@H](C)O3)O2)cc1. The van der Waals surface area contributed by atoms with Gasteiger partial charge in [-0.25, -0.2) is 0 Å². The number of ether oxygens (including phenoxy) is 5. The maximum absolute atomic E-state index is 11.0. The molecule has 2 heterocycles. The number of rotatable bonds is 7. The summed E-state index contributed by atoms with van der Waals surface area (Å²) in [6.45, 7) is 6.83. The first-order valence-electron chi connectivity index (χ1n) is 10.7. The molecule has 29 heavy (non-hydrogen) atoms. The van der Waals surface area contributed by atoms with Gasteiger partial charge in [-0.15, -0.1) is 0 Å². The van der Waals surface area contributed by atoms with Crippen molar-refractivity contribution in [3.05, 3.63) is 29.8 Å². The van der Waals surface area contributed by atoms with E-state index in [0.29, 0.717) is 13.0 Å². The molecule has 0 saturated carbocycles. The molecule has 0 bridgehead atoms. The van der Waals surface area contributed by atoms with Crippen molar-refractivity contribution in [1.29, 1.82) is 0 Å². The zero-order valence-corrected chi connectivity index (χ0v) is 18.2. The highest BCUT2D eigenvalue weighted by atomic mass is 16.7. The average Bonchev–Trinajstić information content (AvgIpc) is 2.73. The summed E-state index contributed by atoms with van der Waals surface area (Å²) in [5.74, 6) is 0.970. The Balaban J connectivity index is 1.60. The highest BCUT2D eigenvalue weighted by Gasteiger charge is 2.38. The summed E-state index contributed by atoms with van der Waals surface area (Å²) in [6.07, 6.45) is 1.64. The van der Waals surface area contributed by atoms with Crippen molar-refractivity contribution in [3.63, 3.8) is 0 Å². The van der Waals surface area contributed by atoms with E-state index in [1.807, 2.05) is 24.3 Å². The summed E-state index contributed by atoms with van der Waals surface area (Å²) in [6, 6.07) is 7.72. The molecule has 0 spiro atoms. The molecule has 0 amide bonds. The normalized spacial score (nSPS) is 35.1. The van der Waals surface area contributed by atoms with Crippen molar-refractivity contribution in [1.82, 2.24) is 0 Å². The van der Waals surface area contributed by atoms with E-state index >= 15 is 0 Å². The Morgan fingerprint density at radius 3 is 2.48 bits per heavy atom. The Morgan fingerprint density at radius 1 is 1.10 bits per heavy atom. The average molecular weight is 409 g/mol. The van der Waals surface area contributed by atoms with Crippen LogP contribution >= 0.6 is 0 Å². The van der Waals surface area contributed by atoms with Crippen molar-refractivity contribution in [2.75, 3.05) is 20.8 Å². The van der Waals surface area contributed by atoms with Crippen LogP contribution in [0.15, 0.2) is 24.3 Å². The number of methoxy groups -OCH3 is 2. The van der Waals surface area contributed by atoms with Gasteiger partial charge in [0.15, 0.2) is 6.29 Å². The fraction of sp³-hybridized carbons (Fsp3) is 0.739. The molecular formula is C23H36O6. The molecule has 2 fully saturated rings. The molecule has 2 saturated heterocycles. The van der Waals surface area contributed by atoms with E-state index in [2.05, 4.69) is 20.8 Å². The molecule has 0 aliphatic carbocycles. The summed E-state index contributed by atoms with van der Waals surface area (Å²) in [7, 11) is 3.39. The minimum atomic E-state index is -0.509. The first-order valence-corrected chi connectivity index (χ1v) is 10.7. The highest BCUT2D eigenvalue weighted by Crippen LogP contribution is 2.35. The van der Waals surface area contributed by atoms with Crippen LogP contribution in [0.2, 0.25) is 0 Å². The van der Waals surface area contributed by atoms with Gasteiger partial charge in [-0.3, -0.25) is 0 Å². The molecule has 1 N–H and O–H groups in total. The highest BCUT2D eigenvalue weighted by molar-refractivity contribution is 5.28. The van der Waals surface area contributed by atoms with Gasteiger partial charge < -0.3 is 28.8 Å². The van der Waals surface area contributed by atoms with Gasteiger partial charge in [0.05, 0.1) is 44.2 Å². The summed E-state index contributed by atoms with van der Waals surface area (Å²) < 4.78 is 29.0. The van der Waals surface area contributed by atoms with Gasteiger partial charge in [0.1, 0.15) is 5.75 Å². The van der Waals surface area contributed by atoms with Crippen molar-refractivity contribution in [2.45, 2.75) is 76.8 Å². The number of aliphatic hydroxyl groups excluding tert-OH is 1. The molecule has 3 rings (SSSR count). The minimum absolute atomic E-state index is 0.00804. The number of aliphatic hydroxyl groups is 1. The summed E-state index contributed by atoms with van der Waals surface area (Å²) in [4.78, 5) is 0. The molecule has 1 aromatic rings. The van der Waals surface area contributed by atoms with Crippen molar-refractivity contribution < 1.29 is 28.8 Å². The summed E-state index contributed by atoms with van der Waals surface area (Å²) in [5.41, 5.74) is 0.955. The lowest BCUT2D eigenvalue weighted by atomic mass is 9.85. The minimum Gasteiger partial charge on any atom is -0.497 e. The lowest BCUT2D eigenvalue weighted by molar-refractivity contribution is -0.257. The lowest BCUT2D eigenvalue weighted by Crippen LogP contribution is -2.45. The summed E-state index contributed by atoms with van der Waals surface area (Å²) >= 11 is 0. The van der Waals surface area contributed by atoms with E-state index in [1.165, 1.54) is 0 Å².